The minimum atomic E-state index is -0.918. The molecule has 0 unspecified atom stereocenters. The van der Waals surface area contributed by atoms with Crippen LogP contribution in [-0.4, -0.2) is 70.7 Å². The quantitative estimate of drug-likeness (QED) is 0.0891. The van der Waals surface area contributed by atoms with Crippen molar-refractivity contribution in [2.45, 2.75) is 209 Å². The van der Waals surface area contributed by atoms with Gasteiger partial charge >= 0.3 is 36.1 Å². The van der Waals surface area contributed by atoms with E-state index in [2.05, 4.69) is 10.6 Å². The van der Waals surface area contributed by atoms with Crippen molar-refractivity contribution in [1.29, 1.82) is 0 Å². The van der Waals surface area contributed by atoms with Gasteiger partial charge in [-0.3, -0.25) is 0 Å². The molecule has 7 N–H and O–H groups in total. The summed E-state index contributed by atoms with van der Waals surface area (Å²) in [6, 6.07) is 14.7. The van der Waals surface area contributed by atoms with Crippen molar-refractivity contribution in [2.24, 2.45) is 11.5 Å². The second-order valence-corrected chi connectivity index (χ2v) is 24.8. The van der Waals surface area contributed by atoms with Gasteiger partial charge in [-0.2, -0.15) is 0 Å². The summed E-state index contributed by atoms with van der Waals surface area (Å²) in [4.78, 5) is 71.0. The number of hydrogen-bond donors (Lipinski definition) is 5. The van der Waals surface area contributed by atoms with Crippen LogP contribution in [0, 0.1) is 27.7 Å². The lowest BCUT2D eigenvalue weighted by molar-refractivity contribution is 0.00559. The van der Waals surface area contributed by atoms with E-state index >= 15 is 0 Å². The fourth-order valence-corrected chi connectivity index (χ4v) is 10.5. The summed E-state index contributed by atoms with van der Waals surface area (Å²) in [5, 5.41) is 14.9. The van der Waals surface area contributed by atoms with Crippen LogP contribution in [0.15, 0.2) is 48.5 Å². The highest BCUT2D eigenvalue weighted by Gasteiger charge is 2.32. The van der Waals surface area contributed by atoms with E-state index in [4.69, 9.17) is 40.3 Å². The highest BCUT2D eigenvalue weighted by atomic mass is 35.5. The van der Waals surface area contributed by atoms with Gasteiger partial charge in [0.1, 0.15) is 22.4 Å². The van der Waals surface area contributed by atoms with Crippen LogP contribution in [0.5, 0.6) is 0 Å². The van der Waals surface area contributed by atoms with Gasteiger partial charge in [-0.15, -0.1) is 12.4 Å². The van der Waals surface area contributed by atoms with Crippen LogP contribution >= 0.6 is 12.4 Å². The first kappa shape index (κ1) is 66.0. The van der Waals surface area contributed by atoms with Crippen LogP contribution in [-0.2, 0) is 49.4 Å². The third-order valence-corrected chi connectivity index (χ3v) is 14.1. The number of aromatic carboxylic acids is 1. The Morgan fingerprint density at radius 3 is 1.02 bits per heavy atom. The molecular formula is C63H87ClN4O12. The van der Waals surface area contributed by atoms with Gasteiger partial charge in [-0.05, 0) is 253 Å². The number of carbonyl (C=O) groups excluding carboxylic acids is 5. The first-order chi connectivity index (χ1) is 36.5. The van der Waals surface area contributed by atoms with Crippen LogP contribution in [0.3, 0.4) is 0 Å². The monoisotopic (exact) mass is 1130 g/mol. The molecule has 0 heterocycles. The van der Waals surface area contributed by atoms with Gasteiger partial charge in [0.15, 0.2) is 0 Å². The number of amides is 2. The number of hydrogen-bond acceptors (Lipinski definition) is 13. The number of carboxylic acid groups (broad SMARTS) is 1. The standard InChI is InChI=1S/C20H29NO4.C16H21NO4.C15H21NO2.C12H15NO2.ClH/c1-12-13-10-11-16(21-18(23)25-20(5,6)7)15(13)9-8-14(12)17(22)24-19(2,3)4;1-9-10-7-8-13(17-15(20)21-16(2,3)4)12(10)6-5-11(9)14(18)19;1-9-10-7-8-13(16)12(10)6-5-11(9)14(17)18-15(2,3)4;1-7-8-5-6-11(13)10(8)4-3-9(7)12(14)15-2;/h8-9,16H,10-11H2,1-7H3,(H,21,23);5-6,13H,7-8H2,1-4H3,(H,17,20)(H,18,19);5-6,13H,7-8,16H2,1-4H3;3-4,11H,5-6,13H2,1-2H3;1H/t16-;2*13-;11-;/m0000./s1. The van der Waals surface area contributed by atoms with Gasteiger partial charge in [0.25, 0.3) is 0 Å². The molecule has 0 saturated carbocycles. The first-order valence-electron chi connectivity index (χ1n) is 27.3. The summed E-state index contributed by atoms with van der Waals surface area (Å²) < 4.78 is 26.2. The van der Waals surface area contributed by atoms with Gasteiger partial charge in [0.05, 0.1) is 41.4 Å². The number of nitrogens with one attached hydrogen (secondary N) is 2. The molecule has 0 spiro atoms. The van der Waals surface area contributed by atoms with E-state index in [1.54, 1.807) is 18.2 Å². The highest BCUT2D eigenvalue weighted by molar-refractivity contribution is 5.93. The van der Waals surface area contributed by atoms with Crippen molar-refractivity contribution in [3.8, 4) is 0 Å². The number of halogens is 1. The lowest BCUT2D eigenvalue weighted by atomic mass is 9.98. The molecule has 2 amide bonds. The number of benzene rings is 4. The molecular weight excluding hydrogens is 1040 g/mol. The number of methoxy groups -OCH3 is 1. The second-order valence-electron chi connectivity index (χ2n) is 24.8. The predicted molar refractivity (Wildman–Crippen MR) is 312 cm³/mol. The largest absolute Gasteiger partial charge is 0.478 e. The Balaban J connectivity index is 0.000000232. The van der Waals surface area contributed by atoms with Gasteiger partial charge < -0.3 is 50.9 Å². The zero-order chi connectivity index (χ0) is 59.3. The normalized spacial score (nSPS) is 17.5. The minimum Gasteiger partial charge on any atom is -0.478 e. The Morgan fingerprint density at radius 2 is 0.713 bits per heavy atom. The molecule has 0 saturated heterocycles. The fourth-order valence-electron chi connectivity index (χ4n) is 10.5. The average Bonchev–Trinajstić information content (AvgIpc) is 4.11. The Bertz CT molecular complexity index is 2960. The minimum absolute atomic E-state index is 0. The number of nitrogens with two attached hydrogens (primary N) is 2. The third-order valence-electron chi connectivity index (χ3n) is 14.1. The van der Waals surface area contributed by atoms with Crippen LogP contribution in [0.4, 0.5) is 9.59 Å². The summed E-state index contributed by atoms with van der Waals surface area (Å²) in [6.07, 6.45) is 6.15. The predicted octanol–water partition coefficient (Wildman–Crippen LogP) is 12.7. The van der Waals surface area contributed by atoms with E-state index in [1.807, 2.05) is 141 Å². The van der Waals surface area contributed by atoms with Crippen molar-refractivity contribution >= 4 is 48.5 Å². The molecule has 0 bridgehead atoms. The zero-order valence-electron chi connectivity index (χ0n) is 50.1. The highest BCUT2D eigenvalue weighted by Crippen LogP contribution is 2.38. The van der Waals surface area contributed by atoms with E-state index < -0.39 is 40.6 Å². The number of fused-ring (bicyclic) bond motifs is 4. The molecule has 0 fully saturated rings. The number of alkyl carbamates (subject to hydrolysis) is 2. The summed E-state index contributed by atoms with van der Waals surface area (Å²) >= 11 is 0. The molecule has 4 aliphatic rings. The van der Waals surface area contributed by atoms with Gasteiger partial charge in [-0.25, -0.2) is 28.8 Å². The molecule has 16 nitrogen and oxygen atoms in total. The number of rotatable bonds is 6. The SMILES string of the molecule is COC(=O)c1ccc2c(c1C)CC[C@@H]2N.Cc1c(C(=O)O)ccc2c1CC[C@@H]2NC(=O)OC(C)(C)C.Cc1c(C(=O)OC(C)(C)C)ccc2c1CC[C@@H]2N.Cc1c(C(=O)OC(C)(C)C)ccc2c1CC[C@@H]2NC(=O)OC(C)(C)C.Cl. The molecule has 17 heteroatoms. The van der Waals surface area contributed by atoms with Gasteiger partial charge in [0.2, 0.25) is 0 Å². The van der Waals surface area contributed by atoms with Crippen LogP contribution in [0.2, 0.25) is 0 Å². The van der Waals surface area contributed by atoms with Crippen molar-refractivity contribution in [3.05, 3.63) is 138 Å². The molecule has 4 atom stereocenters. The molecule has 8 rings (SSSR count). The van der Waals surface area contributed by atoms with Crippen molar-refractivity contribution in [3.63, 3.8) is 0 Å². The molecule has 4 aliphatic carbocycles. The molecule has 80 heavy (non-hydrogen) atoms. The molecule has 0 radical (unpaired) electrons. The first-order valence-corrected chi connectivity index (χ1v) is 27.3. The molecule has 0 aromatic heterocycles. The molecule has 438 valence electrons. The van der Waals surface area contributed by atoms with Crippen LogP contribution in [0.1, 0.15) is 241 Å². The summed E-state index contributed by atoms with van der Waals surface area (Å²) in [5.74, 6) is -1.74. The Hall–Kier alpha value is -6.49. The second kappa shape index (κ2) is 26.4. The van der Waals surface area contributed by atoms with E-state index in [-0.39, 0.29) is 54.5 Å². The maximum Gasteiger partial charge on any atom is 0.408 e. The van der Waals surface area contributed by atoms with E-state index in [0.717, 1.165) is 95.9 Å². The zero-order valence-corrected chi connectivity index (χ0v) is 50.9. The third kappa shape index (κ3) is 17.3. The van der Waals surface area contributed by atoms with Crippen molar-refractivity contribution in [2.75, 3.05) is 7.11 Å². The van der Waals surface area contributed by atoms with Crippen molar-refractivity contribution < 1.29 is 57.6 Å². The van der Waals surface area contributed by atoms with E-state index in [9.17, 15) is 28.8 Å². The summed E-state index contributed by atoms with van der Waals surface area (Å²) in [7, 11) is 1.40. The smallest absolute Gasteiger partial charge is 0.408 e. The number of carbonyl (C=O) groups is 6. The number of ether oxygens (including phenoxy) is 5. The topological polar surface area (TPSA) is 245 Å². The lowest BCUT2D eigenvalue weighted by Crippen LogP contribution is -2.34. The number of esters is 3. The maximum atomic E-state index is 12.4. The molecule has 0 aliphatic heterocycles. The van der Waals surface area contributed by atoms with Crippen LogP contribution < -0.4 is 22.1 Å². The average molecular weight is 1130 g/mol. The Labute approximate surface area is 479 Å². The van der Waals surface area contributed by atoms with E-state index in [1.165, 1.54) is 29.4 Å². The van der Waals surface area contributed by atoms with Gasteiger partial charge in [0, 0.05) is 12.1 Å². The van der Waals surface area contributed by atoms with Crippen LogP contribution in [0.25, 0.3) is 0 Å². The number of carboxylic acids is 1. The van der Waals surface area contributed by atoms with Crippen molar-refractivity contribution in [1.82, 2.24) is 10.6 Å². The summed E-state index contributed by atoms with van der Waals surface area (Å²) in [6.45, 7) is 29.9. The van der Waals surface area contributed by atoms with Gasteiger partial charge in [-0.1, -0.05) is 24.3 Å². The lowest BCUT2D eigenvalue weighted by Gasteiger charge is -2.23. The molecule has 4 aromatic carbocycles. The Morgan fingerprint density at radius 1 is 0.438 bits per heavy atom. The Kier molecular flexibility index (Phi) is 21.8. The molecule has 4 aromatic rings. The maximum absolute atomic E-state index is 12.4. The van der Waals surface area contributed by atoms with E-state index in [0.29, 0.717) is 22.3 Å². The summed E-state index contributed by atoms with van der Waals surface area (Å²) in [5.41, 5.74) is 24.9. The fraction of sp³-hybridized carbons (Fsp3) is 0.524.